The largest absolute Gasteiger partial charge is 0.312 e. The van der Waals surface area contributed by atoms with E-state index < -0.39 is 0 Å². The summed E-state index contributed by atoms with van der Waals surface area (Å²) in [5.41, 5.74) is 4.61. The van der Waals surface area contributed by atoms with E-state index in [9.17, 15) is 0 Å². The molecule has 0 unspecified atom stereocenters. The van der Waals surface area contributed by atoms with Gasteiger partial charge in [-0.2, -0.15) is 5.10 Å². The highest BCUT2D eigenvalue weighted by atomic mass is 35.5. The number of hydrogen-bond acceptors (Lipinski definition) is 2. The van der Waals surface area contributed by atoms with E-state index in [1.54, 1.807) is 0 Å². The van der Waals surface area contributed by atoms with Gasteiger partial charge >= 0.3 is 0 Å². The Labute approximate surface area is 132 Å². The molecule has 1 aromatic carbocycles. The van der Waals surface area contributed by atoms with Crippen molar-refractivity contribution in [3.05, 3.63) is 51.8 Å². The fourth-order valence-corrected chi connectivity index (χ4v) is 2.56. The number of benzene rings is 1. The second-order valence-corrected chi connectivity index (χ2v) is 6.46. The molecule has 0 aliphatic heterocycles. The summed E-state index contributed by atoms with van der Waals surface area (Å²) >= 11 is 6.29. The van der Waals surface area contributed by atoms with Crippen molar-refractivity contribution in [3.8, 4) is 0 Å². The number of aromatic nitrogens is 2. The summed E-state index contributed by atoms with van der Waals surface area (Å²) in [6, 6.07) is 6.16. The summed E-state index contributed by atoms with van der Waals surface area (Å²) in [6.45, 7) is 11.1. The van der Waals surface area contributed by atoms with Gasteiger partial charge in [0.05, 0.1) is 12.2 Å². The van der Waals surface area contributed by atoms with Gasteiger partial charge in [-0.05, 0) is 43.5 Å². The van der Waals surface area contributed by atoms with Crippen LogP contribution < -0.4 is 5.32 Å². The predicted molar refractivity (Wildman–Crippen MR) is 88.8 cm³/mol. The SMILES string of the molecule is Cc1ccc(Cn2cc(CNCC(C)C)c(C)n2)c(Cl)c1. The van der Waals surface area contributed by atoms with Crippen LogP contribution >= 0.6 is 11.6 Å². The number of nitrogens with zero attached hydrogens (tertiary/aromatic N) is 2. The molecule has 0 saturated heterocycles. The van der Waals surface area contributed by atoms with E-state index in [2.05, 4.69) is 49.5 Å². The lowest BCUT2D eigenvalue weighted by atomic mass is 10.1. The first kappa shape index (κ1) is 16.1. The van der Waals surface area contributed by atoms with Crippen LogP contribution in [-0.2, 0) is 13.1 Å². The standard InChI is InChI=1S/C17H24ClN3/c1-12(2)8-19-9-16-11-21(20-14(16)4)10-15-6-5-13(3)7-17(15)18/h5-7,11-12,19H,8-10H2,1-4H3. The second-order valence-electron chi connectivity index (χ2n) is 6.06. The molecular weight excluding hydrogens is 282 g/mol. The van der Waals surface area contributed by atoms with Crippen molar-refractivity contribution in [1.29, 1.82) is 0 Å². The number of aryl methyl sites for hydroxylation is 2. The van der Waals surface area contributed by atoms with Gasteiger partial charge in [0.2, 0.25) is 0 Å². The summed E-state index contributed by atoms with van der Waals surface area (Å²) in [7, 11) is 0. The minimum Gasteiger partial charge on any atom is -0.312 e. The molecule has 114 valence electrons. The van der Waals surface area contributed by atoms with E-state index in [0.29, 0.717) is 12.5 Å². The van der Waals surface area contributed by atoms with Crippen LogP contribution in [0.3, 0.4) is 0 Å². The Morgan fingerprint density at radius 2 is 2.00 bits per heavy atom. The molecule has 0 radical (unpaired) electrons. The molecule has 0 saturated carbocycles. The van der Waals surface area contributed by atoms with E-state index in [1.807, 2.05) is 17.7 Å². The number of hydrogen-bond donors (Lipinski definition) is 1. The first-order valence-electron chi connectivity index (χ1n) is 7.44. The van der Waals surface area contributed by atoms with Crippen molar-refractivity contribution >= 4 is 11.6 Å². The van der Waals surface area contributed by atoms with Crippen molar-refractivity contribution < 1.29 is 0 Å². The highest BCUT2D eigenvalue weighted by Crippen LogP contribution is 2.19. The Morgan fingerprint density at radius 1 is 1.24 bits per heavy atom. The van der Waals surface area contributed by atoms with E-state index in [1.165, 1.54) is 11.1 Å². The van der Waals surface area contributed by atoms with Gasteiger partial charge in [0.1, 0.15) is 0 Å². The first-order chi connectivity index (χ1) is 9.95. The third-order valence-electron chi connectivity index (χ3n) is 3.46. The average Bonchev–Trinajstić information content (AvgIpc) is 2.73. The maximum absolute atomic E-state index is 6.29. The molecule has 0 fully saturated rings. The molecular formula is C17H24ClN3. The van der Waals surface area contributed by atoms with Crippen LogP contribution in [0.4, 0.5) is 0 Å². The summed E-state index contributed by atoms with van der Waals surface area (Å²) in [5, 5.41) is 8.85. The van der Waals surface area contributed by atoms with Gasteiger partial charge < -0.3 is 5.32 Å². The molecule has 0 atom stereocenters. The minimum absolute atomic E-state index is 0.659. The van der Waals surface area contributed by atoms with Crippen LogP contribution in [0.15, 0.2) is 24.4 Å². The van der Waals surface area contributed by atoms with Crippen molar-refractivity contribution in [2.24, 2.45) is 5.92 Å². The van der Waals surface area contributed by atoms with Gasteiger partial charge in [0.25, 0.3) is 0 Å². The van der Waals surface area contributed by atoms with Crippen LogP contribution in [0.1, 0.15) is 36.2 Å². The van der Waals surface area contributed by atoms with Crippen LogP contribution in [0.5, 0.6) is 0 Å². The Balaban J connectivity index is 2.04. The van der Waals surface area contributed by atoms with Crippen molar-refractivity contribution in [1.82, 2.24) is 15.1 Å². The molecule has 2 aromatic rings. The van der Waals surface area contributed by atoms with Gasteiger partial charge in [-0.3, -0.25) is 4.68 Å². The molecule has 1 aromatic heterocycles. The van der Waals surface area contributed by atoms with Crippen molar-refractivity contribution in [2.45, 2.75) is 40.8 Å². The summed E-state index contributed by atoms with van der Waals surface area (Å²) in [5.74, 6) is 0.659. The quantitative estimate of drug-likeness (QED) is 0.876. The van der Waals surface area contributed by atoms with Gasteiger partial charge in [-0.15, -0.1) is 0 Å². The molecule has 1 heterocycles. The molecule has 2 rings (SSSR count). The number of nitrogens with one attached hydrogen (secondary N) is 1. The lowest BCUT2D eigenvalue weighted by Crippen LogP contribution is -2.19. The molecule has 4 heteroatoms. The van der Waals surface area contributed by atoms with Crippen LogP contribution in [0.2, 0.25) is 5.02 Å². The molecule has 21 heavy (non-hydrogen) atoms. The lowest BCUT2D eigenvalue weighted by Gasteiger charge is -2.06. The zero-order valence-corrected chi connectivity index (χ0v) is 14.0. The van der Waals surface area contributed by atoms with E-state index in [0.717, 1.165) is 29.4 Å². The third kappa shape index (κ3) is 4.58. The number of halogens is 1. The van der Waals surface area contributed by atoms with Crippen LogP contribution in [0.25, 0.3) is 0 Å². The topological polar surface area (TPSA) is 29.9 Å². The molecule has 0 amide bonds. The second kappa shape index (κ2) is 7.10. The molecule has 3 nitrogen and oxygen atoms in total. The van der Waals surface area contributed by atoms with Gasteiger partial charge in [0, 0.05) is 23.3 Å². The first-order valence-corrected chi connectivity index (χ1v) is 7.82. The summed E-state index contributed by atoms with van der Waals surface area (Å²) in [6.07, 6.45) is 2.11. The fraction of sp³-hybridized carbons (Fsp3) is 0.471. The lowest BCUT2D eigenvalue weighted by molar-refractivity contribution is 0.551. The molecule has 0 bridgehead atoms. The zero-order chi connectivity index (χ0) is 15.4. The summed E-state index contributed by atoms with van der Waals surface area (Å²) < 4.78 is 1.97. The van der Waals surface area contributed by atoms with Crippen LogP contribution in [-0.4, -0.2) is 16.3 Å². The zero-order valence-electron chi connectivity index (χ0n) is 13.3. The normalized spacial score (nSPS) is 11.3. The average molecular weight is 306 g/mol. The fourth-order valence-electron chi connectivity index (χ4n) is 2.26. The predicted octanol–water partition coefficient (Wildman–Crippen LogP) is 3.95. The monoisotopic (exact) mass is 305 g/mol. The smallest absolute Gasteiger partial charge is 0.0674 e. The molecule has 0 aliphatic rings. The number of rotatable bonds is 6. The highest BCUT2D eigenvalue weighted by molar-refractivity contribution is 6.31. The van der Waals surface area contributed by atoms with Crippen molar-refractivity contribution in [2.75, 3.05) is 6.54 Å². The highest BCUT2D eigenvalue weighted by Gasteiger charge is 2.07. The minimum atomic E-state index is 0.659. The Kier molecular flexibility index (Phi) is 5.43. The molecule has 1 N–H and O–H groups in total. The van der Waals surface area contributed by atoms with E-state index in [-0.39, 0.29) is 0 Å². The third-order valence-corrected chi connectivity index (χ3v) is 3.81. The Morgan fingerprint density at radius 3 is 2.67 bits per heavy atom. The van der Waals surface area contributed by atoms with E-state index in [4.69, 9.17) is 11.6 Å². The Bertz CT molecular complexity index is 602. The Hall–Kier alpha value is -1.32. The maximum Gasteiger partial charge on any atom is 0.0674 e. The van der Waals surface area contributed by atoms with Crippen molar-refractivity contribution in [3.63, 3.8) is 0 Å². The van der Waals surface area contributed by atoms with Gasteiger partial charge in [-0.25, -0.2) is 0 Å². The van der Waals surface area contributed by atoms with Crippen LogP contribution in [0, 0.1) is 19.8 Å². The summed E-state index contributed by atoms with van der Waals surface area (Å²) in [4.78, 5) is 0. The van der Waals surface area contributed by atoms with E-state index >= 15 is 0 Å². The van der Waals surface area contributed by atoms with Gasteiger partial charge in [-0.1, -0.05) is 37.6 Å². The maximum atomic E-state index is 6.29. The molecule has 0 spiro atoms. The van der Waals surface area contributed by atoms with Gasteiger partial charge in [0.15, 0.2) is 0 Å². The molecule has 0 aliphatic carbocycles.